The van der Waals surface area contributed by atoms with Gasteiger partial charge < -0.3 is 0 Å². The lowest BCUT2D eigenvalue weighted by atomic mass is 10.0. The first kappa shape index (κ1) is 6.46. The van der Waals surface area contributed by atoms with E-state index >= 15 is 0 Å². The lowest BCUT2D eigenvalue weighted by molar-refractivity contribution is 0.377. The molecule has 50 valence electrons. The largest absolute Gasteiger partial charge is 0.242 e. The Balaban J connectivity index is 2.74. The van der Waals surface area contributed by atoms with Crippen LogP contribution in [0.15, 0.2) is 23.6 Å². The summed E-state index contributed by atoms with van der Waals surface area (Å²) in [5, 5.41) is 0. The van der Waals surface area contributed by atoms with Crippen molar-refractivity contribution in [2.24, 2.45) is 0 Å². The summed E-state index contributed by atoms with van der Waals surface area (Å²) in [5.41, 5.74) is 0.481. The number of hydrogen-bond acceptors (Lipinski definition) is 0. The maximum atomic E-state index is 12.5. The van der Waals surface area contributed by atoms with Gasteiger partial charge in [-0.2, -0.15) is 0 Å². The number of alkyl halides is 1. The highest BCUT2D eigenvalue weighted by atomic mass is 19.1. The highest BCUT2D eigenvalue weighted by Crippen LogP contribution is 2.20. The van der Waals surface area contributed by atoms with Gasteiger partial charge in [-0.25, -0.2) is 8.78 Å². The first-order valence-electron chi connectivity index (χ1n) is 2.88. The fourth-order valence-electron chi connectivity index (χ4n) is 0.769. The SMILES string of the molecule is CC1=CC(F)=CC[C@H]1F. The molecule has 0 bridgehead atoms. The number of allylic oxidation sites excluding steroid dienone is 4. The van der Waals surface area contributed by atoms with Gasteiger partial charge in [-0.3, -0.25) is 0 Å². The summed E-state index contributed by atoms with van der Waals surface area (Å²) in [4.78, 5) is 0. The van der Waals surface area contributed by atoms with Crippen LogP contribution in [0.5, 0.6) is 0 Å². The monoisotopic (exact) mass is 130 g/mol. The molecule has 0 spiro atoms. The van der Waals surface area contributed by atoms with E-state index < -0.39 is 6.17 Å². The molecule has 0 aromatic heterocycles. The van der Waals surface area contributed by atoms with Crippen LogP contribution in [0.25, 0.3) is 0 Å². The van der Waals surface area contributed by atoms with Gasteiger partial charge in [0.2, 0.25) is 0 Å². The van der Waals surface area contributed by atoms with E-state index in [4.69, 9.17) is 0 Å². The van der Waals surface area contributed by atoms with Crippen molar-refractivity contribution in [3.8, 4) is 0 Å². The summed E-state index contributed by atoms with van der Waals surface area (Å²) in [6, 6.07) is 0. The third-order valence-corrected chi connectivity index (χ3v) is 1.38. The molecule has 1 aliphatic carbocycles. The molecule has 0 saturated heterocycles. The maximum absolute atomic E-state index is 12.5. The van der Waals surface area contributed by atoms with E-state index in [1.165, 1.54) is 12.2 Å². The molecule has 0 fully saturated rings. The molecule has 9 heavy (non-hydrogen) atoms. The fraction of sp³-hybridized carbons (Fsp3) is 0.429. The minimum Gasteiger partial charge on any atom is -0.242 e. The molecule has 0 unspecified atom stereocenters. The predicted octanol–water partition coefficient (Wildman–Crippen LogP) is 2.53. The number of hydrogen-bond donors (Lipinski definition) is 0. The zero-order chi connectivity index (χ0) is 6.85. The Kier molecular flexibility index (Phi) is 1.65. The maximum Gasteiger partial charge on any atom is 0.125 e. The topological polar surface area (TPSA) is 0 Å². The average Bonchev–Trinajstić information content (AvgIpc) is 1.80. The van der Waals surface area contributed by atoms with Crippen molar-refractivity contribution >= 4 is 0 Å². The minimum absolute atomic E-state index is 0.189. The van der Waals surface area contributed by atoms with Gasteiger partial charge in [0.25, 0.3) is 0 Å². The van der Waals surface area contributed by atoms with Crippen LogP contribution in [0.3, 0.4) is 0 Å². The Labute approximate surface area is 52.9 Å². The summed E-state index contributed by atoms with van der Waals surface area (Å²) >= 11 is 0. The van der Waals surface area contributed by atoms with Crippen molar-refractivity contribution in [3.63, 3.8) is 0 Å². The first-order valence-corrected chi connectivity index (χ1v) is 2.88. The van der Waals surface area contributed by atoms with Crippen molar-refractivity contribution in [1.82, 2.24) is 0 Å². The van der Waals surface area contributed by atoms with Crippen molar-refractivity contribution in [2.75, 3.05) is 0 Å². The quantitative estimate of drug-likeness (QED) is 0.472. The zero-order valence-electron chi connectivity index (χ0n) is 5.20. The first-order chi connectivity index (χ1) is 4.20. The van der Waals surface area contributed by atoms with Crippen LogP contribution in [-0.4, -0.2) is 6.17 Å². The predicted molar refractivity (Wildman–Crippen MR) is 32.5 cm³/mol. The summed E-state index contributed by atoms with van der Waals surface area (Å²) in [7, 11) is 0. The average molecular weight is 130 g/mol. The van der Waals surface area contributed by atoms with Crippen LogP contribution in [0, 0.1) is 0 Å². The van der Waals surface area contributed by atoms with E-state index in [1.54, 1.807) is 6.92 Å². The van der Waals surface area contributed by atoms with E-state index in [9.17, 15) is 8.78 Å². The highest BCUT2D eigenvalue weighted by Gasteiger charge is 2.11. The number of rotatable bonds is 0. The molecule has 0 N–H and O–H groups in total. The summed E-state index contributed by atoms with van der Waals surface area (Å²) in [5.74, 6) is -0.318. The Morgan fingerprint density at radius 2 is 2.33 bits per heavy atom. The third kappa shape index (κ3) is 1.37. The van der Waals surface area contributed by atoms with Crippen molar-refractivity contribution in [3.05, 3.63) is 23.6 Å². The minimum atomic E-state index is -0.968. The Morgan fingerprint density at radius 3 is 2.78 bits per heavy atom. The molecule has 0 nitrogen and oxygen atoms in total. The lowest BCUT2D eigenvalue weighted by Gasteiger charge is -2.09. The molecule has 0 heterocycles. The summed E-state index contributed by atoms with van der Waals surface area (Å²) < 4.78 is 24.7. The highest BCUT2D eigenvalue weighted by molar-refractivity contribution is 5.24. The zero-order valence-corrected chi connectivity index (χ0v) is 5.20. The normalized spacial score (nSPS) is 27.2. The molecule has 1 rings (SSSR count). The van der Waals surface area contributed by atoms with Gasteiger partial charge >= 0.3 is 0 Å². The third-order valence-electron chi connectivity index (χ3n) is 1.38. The van der Waals surface area contributed by atoms with Crippen LogP contribution in [0.4, 0.5) is 8.78 Å². The second kappa shape index (κ2) is 2.29. The molecular formula is C7H8F2. The van der Waals surface area contributed by atoms with Gasteiger partial charge in [0, 0.05) is 6.42 Å². The Hall–Kier alpha value is -0.660. The molecule has 0 aromatic carbocycles. The lowest BCUT2D eigenvalue weighted by Crippen LogP contribution is -2.03. The molecule has 1 atom stereocenters. The second-order valence-electron chi connectivity index (χ2n) is 2.18. The fourth-order valence-corrected chi connectivity index (χ4v) is 0.769. The van der Waals surface area contributed by atoms with Crippen LogP contribution in [-0.2, 0) is 0 Å². The smallest absolute Gasteiger partial charge is 0.125 e. The molecule has 0 aromatic rings. The number of halogens is 2. The summed E-state index contributed by atoms with van der Waals surface area (Å²) in [6.07, 6.45) is 1.71. The molecule has 0 radical (unpaired) electrons. The van der Waals surface area contributed by atoms with Crippen LogP contribution >= 0.6 is 0 Å². The Bertz CT molecular complexity index is 168. The van der Waals surface area contributed by atoms with Gasteiger partial charge in [-0.05, 0) is 24.6 Å². The van der Waals surface area contributed by atoms with Crippen molar-refractivity contribution in [1.29, 1.82) is 0 Å². The molecule has 2 heteroatoms. The molecular weight excluding hydrogens is 122 g/mol. The van der Waals surface area contributed by atoms with Crippen molar-refractivity contribution < 1.29 is 8.78 Å². The van der Waals surface area contributed by atoms with Gasteiger partial charge in [0.15, 0.2) is 0 Å². The van der Waals surface area contributed by atoms with Crippen LogP contribution in [0.1, 0.15) is 13.3 Å². The van der Waals surface area contributed by atoms with E-state index in [0.29, 0.717) is 5.57 Å². The molecule has 1 aliphatic rings. The Morgan fingerprint density at radius 1 is 1.67 bits per heavy atom. The van der Waals surface area contributed by atoms with Gasteiger partial charge in [0.05, 0.1) is 0 Å². The van der Waals surface area contributed by atoms with Gasteiger partial charge in [0.1, 0.15) is 12.0 Å². The summed E-state index contributed by atoms with van der Waals surface area (Å²) in [6.45, 7) is 1.59. The van der Waals surface area contributed by atoms with E-state index in [1.807, 2.05) is 0 Å². The van der Waals surface area contributed by atoms with E-state index in [2.05, 4.69) is 0 Å². The van der Waals surface area contributed by atoms with Crippen LogP contribution in [0.2, 0.25) is 0 Å². The van der Waals surface area contributed by atoms with E-state index in [0.717, 1.165) is 0 Å². The standard InChI is InChI=1S/C7H8F2/c1-5-4-6(8)2-3-7(5)9/h2,4,7H,3H2,1H3/t7-/m1/s1. The molecule has 0 aliphatic heterocycles. The van der Waals surface area contributed by atoms with Gasteiger partial charge in [-0.15, -0.1) is 0 Å². The molecule has 0 saturated carbocycles. The molecule has 0 amide bonds. The van der Waals surface area contributed by atoms with Crippen molar-refractivity contribution in [2.45, 2.75) is 19.5 Å². The van der Waals surface area contributed by atoms with E-state index in [-0.39, 0.29) is 12.2 Å². The van der Waals surface area contributed by atoms with Gasteiger partial charge in [-0.1, -0.05) is 0 Å². The van der Waals surface area contributed by atoms with Crippen LogP contribution < -0.4 is 0 Å². The second-order valence-corrected chi connectivity index (χ2v) is 2.18.